The molecule has 460 valence electrons. The Morgan fingerprint density at radius 2 is 0.762 bits per heavy atom. The summed E-state index contributed by atoms with van der Waals surface area (Å²) in [5, 5.41) is 13.9. The van der Waals surface area contributed by atoms with Crippen molar-refractivity contribution in [3.8, 4) is 0 Å². The maximum Gasteiger partial charge on any atom is 0.268 e. The average Bonchev–Trinajstić information content (AvgIpc) is 3.42. The molecule has 1 amide bonds. The van der Waals surface area contributed by atoms with Crippen molar-refractivity contribution in [2.24, 2.45) is 0 Å². The molecule has 0 bridgehead atoms. The Hall–Kier alpha value is -3.10. The summed E-state index contributed by atoms with van der Waals surface area (Å²) in [6.45, 7) is 4.50. The Morgan fingerprint density at radius 3 is 1.10 bits per heavy atom. The van der Waals surface area contributed by atoms with Crippen molar-refractivity contribution >= 4 is 13.7 Å². The lowest BCUT2D eigenvalue weighted by atomic mass is 10.0. The Bertz CT molecular complexity index is 1720. The number of rotatable bonds is 59. The first-order chi connectivity index (χ1) is 39.0. The molecule has 0 saturated carbocycles. The standard InChI is InChI=1S/C71H125N2O6P/c1-6-8-10-12-14-16-18-20-22-24-26-28-30-32-34-36-38-40-42-44-46-48-50-52-54-56-58-60-62-64-70(74)69(68-79-80(76,77)78-67-66-73(3,4)5)72-71(75)65-63-61-59-57-55-53-51-49-47-45-43-41-39-37-35-33-31-29-27-25-23-21-19-17-15-13-11-9-7-2/h9,11,15,17,21,23,27,29,33,35,39,41,45,47,51,53,57,59,62,64,69-70,74H,6-8,10,12-14,16,18-20,22,24-26,28,30-32,34,36-38,40,42-44,46,48-50,52,54-56,58,60-61,63,65-68H2,1-5H3,(H-,72,75,76,77)/b11-9-,17-15-,23-21-,29-27-,35-33-,41-39-,47-45-,53-51-,59-57-,64-62+. The fourth-order valence-electron chi connectivity index (χ4n) is 9.10. The molecule has 0 saturated heterocycles. The van der Waals surface area contributed by atoms with Crippen molar-refractivity contribution in [2.45, 2.75) is 283 Å². The minimum atomic E-state index is -4.63. The van der Waals surface area contributed by atoms with E-state index in [0.29, 0.717) is 17.4 Å². The van der Waals surface area contributed by atoms with E-state index < -0.39 is 26.6 Å². The maximum absolute atomic E-state index is 13.0. The van der Waals surface area contributed by atoms with Crippen LogP contribution in [-0.4, -0.2) is 68.5 Å². The van der Waals surface area contributed by atoms with Gasteiger partial charge < -0.3 is 28.8 Å². The number of aliphatic hydroxyl groups is 1. The number of hydrogen-bond acceptors (Lipinski definition) is 6. The zero-order valence-corrected chi connectivity index (χ0v) is 53.4. The van der Waals surface area contributed by atoms with Crippen LogP contribution in [0, 0.1) is 0 Å². The Kier molecular flexibility index (Phi) is 58.1. The third-order valence-corrected chi connectivity index (χ3v) is 15.1. The number of aliphatic hydroxyl groups excluding tert-OH is 1. The summed E-state index contributed by atoms with van der Waals surface area (Å²) >= 11 is 0. The van der Waals surface area contributed by atoms with Gasteiger partial charge in [0.05, 0.1) is 39.9 Å². The number of phosphoric acid groups is 1. The van der Waals surface area contributed by atoms with E-state index in [1.807, 2.05) is 27.2 Å². The Balaban J connectivity index is 4.27. The Labute approximate surface area is 494 Å². The van der Waals surface area contributed by atoms with E-state index in [-0.39, 0.29) is 18.9 Å². The van der Waals surface area contributed by atoms with Crippen molar-refractivity contribution in [2.75, 3.05) is 40.9 Å². The van der Waals surface area contributed by atoms with E-state index >= 15 is 0 Å². The van der Waals surface area contributed by atoms with Gasteiger partial charge in [-0.25, -0.2) is 0 Å². The highest BCUT2D eigenvalue weighted by molar-refractivity contribution is 7.45. The lowest BCUT2D eigenvalue weighted by Crippen LogP contribution is -2.45. The topological polar surface area (TPSA) is 108 Å². The summed E-state index contributed by atoms with van der Waals surface area (Å²) in [6, 6.07) is -0.929. The third-order valence-electron chi connectivity index (χ3n) is 14.2. The number of hydrogen-bond donors (Lipinski definition) is 2. The molecule has 0 aromatic heterocycles. The quantitative estimate of drug-likeness (QED) is 0.0272. The monoisotopic (exact) mass is 1130 g/mol. The molecule has 0 aliphatic carbocycles. The number of nitrogens with one attached hydrogen (secondary N) is 1. The van der Waals surface area contributed by atoms with E-state index in [2.05, 4.69) is 129 Å². The van der Waals surface area contributed by atoms with Crippen molar-refractivity contribution in [1.29, 1.82) is 0 Å². The van der Waals surface area contributed by atoms with Gasteiger partial charge in [0.1, 0.15) is 13.2 Å². The van der Waals surface area contributed by atoms with E-state index in [4.69, 9.17) is 9.05 Å². The number of carbonyl (C=O) groups is 1. The SMILES string of the molecule is CC/C=C\C/C=C\C/C=C\C/C=C\C/C=C\C/C=C\C/C=C\C/C=C\C/C=C\CCCC(=O)NC(COP(=O)([O-])OCC[N+](C)(C)C)C(O)/C=C/CCCCCCCCCCCCCCCCCCCCCCCCCCCCC. The first kappa shape index (κ1) is 76.9. The molecular weight excluding hydrogens is 1010 g/mol. The predicted molar refractivity (Wildman–Crippen MR) is 348 cm³/mol. The van der Waals surface area contributed by atoms with Crippen molar-refractivity contribution in [3.63, 3.8) is 0 Å². The summed E-state index contributed by atoms with van der Waals surface area (Å²) in [4.78, 5) is 25.6. The predicted octanol–water partition coefficient (Wildman–Crippen LogP) is 20.2. The number of quaternary nitrogens is 1. The maximum atomic E-state index is 13.0. The van der Waals surface area contributed by atoms with Crippen LogP contribution in [0.15, 0.2) is 122 Å². The first-order valence-corrected chi connectivity index (χ1v) is 34.4. The van der Waals surface area contributed by atoms with Gasteiger partial charge in [0.15, 0.2) is 0 Å². The number of likely N-dealkylation sites (N-methyl/N-ethyl adjacent to an activating group) is 1. The number of allylic oxidation sites excluding steroid dienone is 19. The number of carbonyl (C=O) groups excluding carboxylic acids is 1. The number of unbranched alkanes of at least 4 members (excludes halogenated alkanes) is 28. The molecule has 0 aliphatic rings. The first-order valence-electron chi connectivity index (χ1n) is 32.9. The molecule has 0 heterocycles. The van der Waals surface area contributed by atoms with Crippen molar-refractivity contribution in [1.82, 2.24) is 5.32 Å². The minimum Gasteiger partial charge on any atom is -0.756 e. The lowest BCUT2D eigenvalue weighted by molar-refractivity contribution is -0.870. The molecule has 0 spiro atoms. The fourth-order valence-corrected chi connectivity index (χ4v) is 9.82. The highest BCUT2D eigenvalue weighted by Gasteiger charge is 2.23. The number of nitrogens with zero attached hydrogens (tertiary/aromatic N) is 1. The molecule has 80 heavy (non-hydrogen) atoms. The summed E-state index contributed by atoms with van der Waals surface area (Å²) in [5.74, 6) is -0.257. The van der Waals surface area contributed by atoms with E-state index in [0.717, 1.165) is 83.5 Å². The van der Waals surface area contributed by atoms with Gasteiger partial charge in [-0.2, -0.15) is 0 Å². The van der Waals surface area contributed by atoms with Crippen LogP contribution < -0.4 is 10.2 Å². The van der Waals surface area contributed by atoms with Crippen LogP contribution in [0.4, 0.5) is 0 Å². The van der Waals surface area contributed by atoms with Crippen LogP contribution in [0.5, 0.6) is 0 Å². The molecule has 0 aromatic carbocycles. The second-order valence-electron chi connectivity index (χ2n) is 23.1. The van der Waals surface area contributed by atoms with Crippen molar-refractivity contribution in [3.05, 3.63) is 122 Å². The van der Waals surface area contributed by atoms with Gasteiger partial charge in [0, 0.05) is 6.42 Å². The highest BCUT2D eigenvalue weighted by Crippen LogP contribution is 2.38. The number of amides is 1. The molecule has 0 rings (SSSR count). The van der Waals surface area contributed by atoms with Gasteiger partial charge in [-0.15, -0.1) is 0 Å². The van der Waals surface area contributed by atoms with Crippen LogP contribution in [0.1, 0.15) is 271 Å². The third kappa shape index (κ3) is 62.5. The van der Waals surface area contributed by atoms with Crippen LogP contribution in [0.3, 0.4) is 0 Å². The largest absolute Gasteiger partial charge is 0.756 e. The van der Waals surface area contributed by atoms with E-state index in [1.165, 1.54) is 161 Å². The summed E-state index contributed by atoms with van der Waals surface area (Å²) in [7, 11) is 1.21. The molecule has 0 fully saturated rings. The van der Waals surface area contributed by atoms with Crippen molar-refractivity contribution < 1.29 is 32.9 Å². The van der Waals surface area contributed by atoms with Crippen LogP contribution in [0.25, 0.3) is 0 Å². The molecule has 3 atom stereocenters. The van der Waals surface area contributed by atoms with Gasteiger partial charge in [-0.1, -0.05) is 302 Å². The van der Waals surface area contributed by atoms with Gasteiger partial charge in [-0.05, 0) is 83.5 Å². The van der Waals surface area contributed by atoms with E-state index in [9.17, 15) is 19.4 Å². The lowest BCUT2D eigenvalue weighted by Gasteiger charge is -2.29. The summed E-state index contributed by atoms with van der Waals surface area (Å²) < 4.78 is 23.4. The summed E-state index contributed by atoms with van der Waals surface area (Å²) in [6.07, 6.45) is 90.3. The molecule has 0 aliphatic heterocycles. The zero-order valence-electron chi connectivity index (χ0n) is 52.5. The van der Waals surface area contributed by atoms with Gasteiger partial charge in [-0.3, -0.25) is 9.36 Å². The Morgan fingerprint density at radius 1 is 0.450 bits per heavy atom. The summed E-state index contributed by atoms with van der Waals surface area (Å²) in [5.41, 5.74) is 0. The van der Waals surface area contributed by atoms with Gasteiger partial charge >= 0.3 is 0 Å². The second kappa shape index (κ2) is 60.5. The smallest absolute Gasteiger partial charge is 0.268 e. The minimum absolute atomic E-state index is 0.0184. The molecular formula is C71H125N2O6P. The van der Waals surface area contributed by atoms with Gasteiger partial charge in [0.25, 0.3) is 7.82 Å². The second-order valence-corrected chi connectivity index (χ2v) is 24.5. The fraction of sp³-hybridized carbons (Fsp3) is 0.704. The molecule has 0 radical (unpaired) electrons. The molecule has 2 N–H and O–H groups in total. The number of phosphoric ester groups is 1. The van der Waals surface area contributed by atoms with E-state index in [1.54, 1.807) is 6.08 Å². The molecule has 9 heteroatoms. The van der Waals surface area contributed by atoms with Crippen LogP contribution >= 0.6 is 7.82 Å². The highest BCUT2D eigenvalue weighted by atomic mass is 31.2. The molecule has 3 unspecified atom stereocenters. The van der Waals surface area contributed by atoms with Crippen LogP contribution in [0.2, 0.25) is 0 Å². The van der Waals surface area contributed by atoms with Gasteiger partial charge in [0.2, 0.25) is 5.91 Å². The molecule has 0 aromatic rings. The average molecular weight is 1130 g/mol. The molecule has 8 nitrogen and oxygen atoms in total. The normalized spacial score (nSPS) is 14.5. The van der Waals surface area contributed by atoms with Crippen LogP contribution in [-0.2, 0) is 18.4 Å². The zero-order chi connectivity index (χ0) is 58.4.